The second-order valence-corrected chi connectivity index (χ2v) is 1.17. The Morgan fingerprint density at radius 3 is 2.88 bits per heavy atom. The van der Waals surface area contributed by atoms with Gasteiger partial charge in [-0.2, -0.15) is 0 Å². The first kappa shape index (κ1) is 7.36. The Kier molecular flexibility index (Phi) is 4.16. The van der Waals surface area contributed by atoms with E-state index in [0.29, 0.717) is 6.41 Å². The van der Waals surface area contributed by atoms with Crippen LogP contribution in [0.5, 0.6) is 0 Å². The van der Waals surface area contributed by atoms with Gasteiger partial charge in [-0.3, -0.25) is 9.63 Å². The number of halogens is 1. The fourth-order valence-electron chi connectivity index (χ4n) is 0.209. The zero-order chi connectivity index (χ0) is 6.41. The molecule has 0 aliphatic rings. The smallest absolute Gasteiger partial charge is 0.233 e. The lowest BCUT2D eigenvalue weighted by Crippen LogP contribution is -2.17. The molecule has 0 aromatic rings. The molecule has 3 nitrogen and oxygen atoms in total. The summed E-state index contributed by atoms with van der Waals surface area (Å²) in [5.74, 6) is 0. The van der Waals surface area contributed by atoms with Gasteiger partial charge in [0.1, 0.15) is 13.3 Å². The Labute approximate surface area is 47.0 Å². The van der Waals surface area contributed by atoms with Gasteiger partial charge in [0.05, 0.1) is 0 Å². The van der Waals surface area contributed by atoms with Gasteiger partial charge in [-0.15, -0.1) is 0 Å². The molecule has 8 heavy (non-hydrogen) atoms. The molecule has 0 radical (unpaired) electrons. The Morgan fingerprint density at radius 2 is 2.50 bits per heavy atom. The maximum absolute atomic E-state index is 11.2. The summed E-state index contributed by atoms with van der Waals surface area (Å²) in [6.07, 6.45) is 0.468. The third-order valence-electron chi connectivity index (χ3n) is 0.521. The lowest BCUT2D eigenvalue weighted by molar-refractivity contribution is -0.164. The van der Waals surface area contributed by atoms with E-state index in [0.717, 1.165) is 5.06 Å². The lowest BCUT2D eigenvalue weighted by atomic mass is 10.8. The molecule has 4 heteroatoms. The molecule has 0 aliphatic heterocycles. The van der Waals surface area contributed by atoms with Crippen LogP contribution in [0.3, 0.4) is 0 Å². The predicted molar refractivity (Wildman–Crippen MR) is 25.8 cm³/mol. The van der Waals surface area contributed by atoms with Gasteiger partial charge < -0.3 is 0 Å². The maximum atomic E-state index is 11.2. The van der Waals surface area contributed by atoms with Crippen LogP contribution in [0.25, 0.3) is 0 Å². The van der Waals surface area contributed by atoms with Crippen LogP contribution in [0.4, 0.5) is 4.39 Å². The van der Waals surface area contributed by atoms with Crippen LogP contribution in [0.2, 0.25) is 0 Å². The van der Waals surface area contributed by atoms with E-state index in [9.17, 15) is 9.18 Å². The summed E-state index contributed by atoms with van der Waals surface area (Å²) in [6, 6.07) is 0. The molecule has 0 rings (SSSR count). The summed E-state index contributed by atoms with van der Waals surface area (Å²) in [5.41, 5.74) is 0. The van der Waals surface area contributed by atoms with Crippen LogP contribution in [0, 0.1) is 0 Å². The van der Waals surface area contributed by atoms with Gasteiger partial charge in [0.2, 0.25) is 6.41 Å². The van der Waals surface area contributed by atoms with Gasteiger partial charge in [-0.05, 0) is 0 Å². The number of carbonyl (C=O) groups is 1. The summed E-state index contributed by atoms with van der Waals surface area (Å²) in [6.45, 7) is -0.632. The molecule has 0 N–H and O–H groups in total. The number of nitrogens with zero attached hydrogens (tertiary/aromatic N) is 1. The fourth-order valence-corrected chi connectivity index (χ4v) is 0.209. The van der Waals surface area contributed by atoms with E-state index >= 15 is 0 Å². The standard InChI is InChI=1S/C4H8FNO2/c1-6(4-7)8-3-2-5/h4H,2-3H2,1H3. The normalized spacial score (nSPS) is 8.75. The Hall–Kier alpha value is -0.640. The van der Waals surface area contributed by atoms with Gasteiger partial charge in [0, 0.05) is 7.05 Å². The zero-order valence-electron chi connectivity index (χ0n) is 4.63. The third-order valence-corrected chi connectivity index (χ3v) is 0.521. The minimum absolute atomic E-state index is 0.0603. The van der Waals surface area contributed by atoms with Crippen molar-refractivity contribution in [2.45, 2.75) is 0 Å². The quantitative estimate of drug-likeness (QED) is 0.386. The van der Waals surface area contributed by atoms with Crippen molar-refractivity contribution in [3.63, 3.8) is 0 Å². The summed E-state index contributed by atoms with van der Waals surface area (Å²) < 4.78 is 11.2. The van der Waals surface area contributed by atoms with Gasteiger partial charge in [0.15, 0.2) is 0 Å². The SMILES string of the molecule is CN(C=O)OCCF. The molecule has 0 bridgehead atoms. The van der Waals surface area contributed by atoms with E-state index in [4.69, 9.17) is 0 Å². The summed E-state index contributed by atoms with van der Waals surface area (Å²) >= 11 is 0. The summed E-state index contributed by atoms with van der Waals surface area (Å²) in [5, 5.41) is 0.916. The van der Waals surface area contributed by atoms with Crippen LogP contribution in [0.15, 0.2) is 0 Å². The lowest BCUT2D eigenvalue weighted by Gasteiger charge is -2.06. The molecular formula is C4H8FNO2. The van der Waals surface area contributed by atoms with E-state index in [1.165, 1.54) is 7.05 Å². The van der Waals surface area contributed by atoms with E-state index in [2.05, 4.69) is 4.84 Å². The number of hydroxylamine groups is 2. The van der Waals surface area contributed by atoms with Gasteiger partial charge >= 0.3 is 0 Å². The highest BCUT2D eigenvalue weighted by molar-refractivity contribution is 5.44. The third kappa shape index (κ3) is 3.55. The van der Waals surface area contributed by atoms with E-state index in [1.54, 1.807) is 0 Å². The second kappa shape index (κ2) is 4.52. The van der Waals surface area contributed by atoms with E-state index < -0.39 is 6.67 Å². The van der Waals surface area contributed by atoms with Gasteiger partial charge in [0.25, 0.3) is 0 Å². The number of alkyl halides is 1. The number of rotatable bonds is 4. The van der Waals surface area contributed by atoms with Crippen LogP contribution >= 0.6 is 0 Å². The fraction of sp³-hybridized carbons (Fsp3) is 0.750. The van der Waals surface area contributed by atoms with Crippen molar-refractivity contribution in [3.8, 4) is 0 Å². The molecule has 1 amide bonds. The van der Waals surface area contributed by atoms with Crippen molar-refractivity contribution in [2.24, 2.45) is 0 Å². The highest BCUT2D eigenvalue weighted by Crippen LogP contribution is 1.77. The summed E-state index contributed by atoms with van der Waals surface area (Å²) in [4.78, 5) is 14.1. The number of carbonyl (C=O) groups excluding carboxylic acids is 1. The molecule has 0 spiro atoms. The molecule has 0 fully saturated rings. The van der Waals surface area contributed by atoms with Crippen molar-refractivity contribution in [1.82, 2.24) is 5.06 Å². The second-order valence-electron chi connectivity index (χ2n) is 1.17. The Morgan fingerprint density at radius 1 is 1.88 bits per heavy atom. The van der Waals surface area contributed by atoms with E-state index in [-0.39, 0.29) is 6.61 Å². The largest absolute Gasteiger partial charge is 0.276 e. The van der Waals surface area contributed by atoms with Gasteiger partial charge in [-0.1, -0.05) is 0 Å². The van der Waals surface area contributed by atoms with Crippen LogP contribution in [0.1, 0.15) is 0 Å². The first-order valence-electron chi connectivity index (χ1n) is 2.18. The molecule has 0 unspecified atom stereocenters. The maximum Gasteiger partial charge on any atom is 0.233 e. The van der Waals surface area contributed by atoms with E-state index in [1.807, 2.05) is 0 Å². The first-order valence-corrected chi connectivity index (χ1v) is 2.18. The van der Waals surface area contributed by atoms with Crippen molar-refractivity contribution in [3.05, 3.63) is 0 Å². The van der Waals surface area contributed by atoms with Crippen molar-refractivity contribution < 1.29 is 14.0 Å². The molecule has 0 saturated carbocycles. The zero-order valence-corrected chi connectivity index (χ0v) is 4.63. The average molecular weight is 121 g/mol. The first-order chi connectivity index (χ1) is 3.81. The Bertz CT molecular complexity index is 69.1. The minimum Gasteiger partial charge on any atom is -0.276 e. The molecule has 0 aliphatic carbocycles. The topological polar surface area (TPSA) is 29.5 Å². The molecular weight excluding hydrogens is 113 g/mol. The summed E-state index contributed by atoms with van der Waals surface area (Å²) in [7, 11) is 1.41. The highest BCUT2D eigenvalue weighted by atomic mass is 19.1. The minimum atomic E-state index is -0.571. The van der Waals surface area contributed by atoms with Crippen molar-refractivity contribution in [1.29, 1.82) is 0 Å². The van der Waals surface area contributed by atoms with Crippen LogP contribution < -0.4 is 0 Å². The molecule has 0 heterocycles. The Balaban J connectivity index is 2.98. The van der Waals surface area contributed by atoms with Gasteiger partial charge in [-0.25, -0.2) is 9.45 Å². The number of hydrogen-bond acceptors (Lipinski definition) is 2. The monoisotopic (exact) mass is 121 g/mol. The molecule has 0 atom stereocenters. The van der Waals surface area contributed by atoms with Crippen molar-refractivity contribution >= 4 is 6.41 Å². The van der Waals surface area contributed by atoms with Crippen LogP contribution in [-0.4, -0.2) is 31.8 Å². The molecule has 48 valence electrons. The number of amides is 1. The molecule has 0 saturated heterocycles. The molecule has 0 aromatic carbocycles. The average Bonchev–Trinajstić information content (AvgIpc) is 1.83. The predicted octanol–water partition coefficient (Wildman–Crippen LogP) is -0.0243. The highest BCUT2D eigenvalue weighted by Gasteiger charge is 1.89. The molecule has 0 aromatic heterocycles. The number of hydrogen-bond donors (Lipinski definition) is 0. The van der Waals surface area contributed by atoms with Crippen LogP contribution in [-0.2, 0) is 9.63 Å². The van der Waals surface area contributed by atoms with Crippen molar-refractivity contribution in [2.75, 3.05) is 20.3 Å².